The van der Waals surface area contributed by atoms with Gasteiger partial charge >= 0.3 is 0 Å². The van der Waals surface area contributed by atoms with Crippen molar-refractivity contribution in [2.24, 2.45) is 4.99 Å². The molecule has 1 aliphatic heterocycles. The highest BCUT2D eigenvalue weighted by molar-refractivity contribution is 5.79. The van der Waals surface area contributed by atoms with E-state index in [0.717, 1.165) is 51.5 Å². The molecule has 0 spiro atoms. The largest absolute Gasteiger partial charge is 0.377 e. The number of benzene rings is 1. The van der Waals surface area contributed by atoms with Gasteiger partial charge in [0.2, 0.25) is 0 Å². The summed E-state index contributed by atoms with van der Waals surface area (Å²) in [5, 5.41) is 6.69. The highest BCUT2D eigenvalue weighted by Gasteiger charge is 2.15. The number of hydrogen-bond acceptors (Lipinski definition) is 3. The molecule has 5 heteroatoms. The fraction of sp³-hybridized carbons (Fsp3) is 0.632. The van der Waals surface area contributed by atoms with Gasteiger partial charge in [-0.05, 0) is 37.3 Å². The Morgan fingerprint density at radius 3 is 2.79 bits per heavy atom. The number of nitrogens with one attached hydrogen (secondary N) is 2. The molecule has 24 heavy (non-hydrogen) atoms. The van der Waals surface area contributed by atoms with Crippen LogP contribution in [0.1, 0.15) is 44.2 Å². The number of nitrogens with zero attached hydrogens (tertiary/aromatic N) is 1. The first-order chi connectivity index (χ1) is 11.8. The van der Waals surface area contributed by atoms with Gasteiger partial charge in [0.15, 0.2) is 5.96 Å². The molecule has 1 aromatic rings. The van der Waals surface area contributed by atoms with Crippen LogP contribution < -0.4 is 10.6 Å². The van der Waals surface area contributed by atoms with Crippen LogP contribution in [-0.4, -0.2) is 38.4 Å². The summed E-state index contributed by atoms with van der Waals surface area (Å²) in [6, 6.07) is 8.35. The van der Waals surface area contributed by atoms with Crippen LogP contribution in [0.3, 0.4) is 0 Å². The van der Waals surface area contributed by atoms with Crippen LogP contribution in [0.5, 0.6) is 0 Å². The van der Waals surface area contributed by atoms with Gasteiger partial charge < -0.3 is 20.1 Å². The van der Waals surface area contributed by atoms with Crippen molar-refractivity contribution in [3.63, 3.8) is 0 Å². The predicted molar refractivity (Wildman–Crippen MR) is 98.2 cm³/mol. The van der Waals surface area contributed by atoms with E-state index in [9.17, 15) is 0 Å². The molecule has 5 nitrogen and oxygen atoms in total. The zero-order chi connectivity index (χ0) is 17.0. The van der Waals surface area contributed by atoms with Crippen molar-refractivity contribution in [3.05, 3.63) is 35.4 Å². The van der Waals surface area contributed by atoms with Crippen molar-refractivity contribution >= 4 is 5.96 Å². The highest BCUT2D eigenvalue weighted by atomic mass is 16.5. The molecule has 0 aliphatic carbocycles. The minimum atomic E-state index is 0.309. The van der Waals surface area contributed by atoms with E-state index in [1.165, 1.54) is 11.1 Å². The van der Waals surface area contributed by atoms with Crippen molar-refractivity contribution in [1.29, 1.82) is 0 Å². The molecule has 0 bridgehead atoms. The van der Waals surface area contributed by atoms with E-state index in [4.69, 9.17) is 14.5 Å². The van der Waals surface area contributed by atoms with Gasteiger partial charge in [-0.1, -0.05) is 31.2 Å². The third-order valence-electron chi connectivity index (χ3n) is 4.00. The Balaban J connectivity index is 1.91. The lowest BCUT2D eigenvalue weighted by molar-refractivity contribution is 0.114. The lowest BCUT2D eigenvalue weighted by Crippen LogP contribution is -2.41. The molecule has 1 aromatic carbocycles. The van der Waals surface area contributed by atoms with Gasteiger partial charge in [-0.15, -0.1) is 0 Å². The highest BCUT2D eigenvalue weighted by Crippen LogP contribution is 2.12. The molecule has 2 N–H and O–H groups in total. The molecule has 1 heterocycles. The summed E-state index contributed by atoms with van der Waals surface area (Å²) in [7, 11) is 0. The van der Waals surface area contributed by atoms with Crippen LogP contribution in [0.15, 0.2) is 29.3 Å². The molecule has 0 radical (unpaired) electrons. The van der Waals surface area contributed by atoms with Crippen molar-refractivity contribution < 1.29 is 9.47 Å². The standard InChI is InChI=1S/C19H31N3O2/c1-3-11-23-15-17-9-6-5-8-16(17)13-21-19(20-4-2)22-14-18-10-7-12-24-18/h5-6,8-9,18H,3-4,7,10-15H2,1-2H3,(H2,20,21,22). The maximum absolute atomic E-state index is 5.68. The van der Waals surface area contributed by atoms with Crippen LogP contribution in [0.25, 0.3) is 0 Å². The average Bonchev–Trinajstić information content (AvgIpc) is 3.12. The molecule has 0 aromatic heterocycles. The molecular formula is C19H31N3O2. The maximum atomic E-state index is 5.68. The first-order valence-corrected chi connectivity index (χ1v) is 9.11. The normalized spacial score (nSPS) is 17.9. The van der Waals surface area contributed by atoms with Gasteiger partial charge in [-0.2, -0.15) is 0 Å². The monoisotopic (exact) mass is 333 g/mol. The van der Waals surface area contributed by atoms with Gasteiger partial charge in [-0.25, -0.2) is 4.99 Å². The smallest absolute Gasteiger partial charge is 0.191 e. The second-order valence-electron chi connectivity index (χ2n) is 6.03. The van der Waals surface area contributed by atoms with Crippen LogP contribution in [-0.2, 0) is 22.6 Å². The lowest BCUT2D eigenvalue weighted by atomic mass is 10.1. The van der Waals surface area contributed by atoms with Gasteiger partial charge in [-0.3, -0.25) is 0 Å². The van der Waals surface area contributed by atoms with Crippen molar-refractivity contribution in [2.75, 3.05) is 26.3 Å². The number of rotatable bonds is 9. The Labute approximate surface area is 145 Å². The molecule has 1 atom stereocenters. The summed E-state index contributed by atoms with van der Waals surface area (Å²) in [6.45, 7) is 8.83. The Morgan fingerprint density at radius 2 is 2.08 bits per heavy atom. The van der Waals surface area contributed by atoms with Crippen LogP contribution in [0.2, 0.25) is 0 Å². The summed E-state index contributed by atoms with van der Waals surface area (Å²) in [5.74, 6) is 0.845. The predicted octanol–water partition coefficient (Wildman–Crippen LogP) is 2.85. The van der Waals surface area contributed by atoms with E-state index in [2.05, 4.69) is 48.7 Å². The zero-order valence-electron chi connectivity index (χ0n) is 15.0. The van der Waals surface area contributed by atoms with E-state index < -0.39 is 0 Å². The molecule has 0 amide bonds. The van der Waals surface area contributed by atoms with Crippen molar-refractivity contribution in [1.82, 2.24) is 10.6 Å². The fourth-order valence-electron chi connectivity index (χ4n) is 2.70. The second kappa shape index (κ2) is 11.0. The third-order valence-corrected chi connectivity index (χ3v) is 4.00. The molecular weight excluding hydrogens is 302 g/mol. The molecule has 1 fully saturated rings. The maximum Gasteiger partial charge on any atom is 0.191 e. The summed E-state index contributed by atoms with van der Waals surface area (Å²) < 4.78 is 11.3. The molecule has 1 unspecified atom stereocenters. The second-order valence-corrected chi connectivity index (χ2v) is 6.03. The first-order valence-electron chi connectivity index (χ1n) is 9.11. The lowest BCUT2D eigenvalue weighted by Gasteiger charge is -2.15. The SMILES string of the molecule is CCCOCc1ccccc1CN=C(NCC)NCC1CCCO1. The van der Waals surface area contributed by atoms with Crippen LogP contribution in [0.4, 0.5) is 0 Å². The number of ether oxygens (including phenoxy) is 2. The van der Waals surface area contributed by atoms with E-state index in [-0.39, 0.29) is 0 Å². The van der Waals surface area contributed by atoms with Gasteiger partial charge in [0.05, 0.1) is 19.3 Å². The fourth-order valence-corrected chi connectivity index (χ4v) is 2.70. The summed E-state index contributed by atoms with van der Waals surface area (Å²) in [6.07, 6.45) is 3.64. The van der Waals surface area contributed by atoms with E-state index in [1.807, 2.05) is 0 Å². The minimum absolute atomic E-state index is 0.309. The summed E-state index contributed by atoms with van der Waals surface area (Å²) in [5.41, 5.74) is 2.42. The Kier molecular flexibility index (Phi) is 8.63. The summed E-state index contributed by atoms with van der Waals surface area (Å²) in [4.78, 5) is 4.72. The van der Waals surface area contributed by atoms with Gasteiger partial charge in [0, 0.05) is 26.3 Å². The van der Waals surface area contributed by atoms with Crippen molar-refractivity contribution in [2.45, 2.75) is 52.4 Å². The zero-order valence-corrected chi connectivity index (χ0v) is 15.0. The number of guanidine groups is 1. The molecule has 1 saturated heterocycles. The van der Waals surface area contributed by atoms with E-state index >= 15 is 0 Å². The topological polar surface area (TPSA) is 54.9 Å². The molecule has 0 saturated carbocycles. The molecule has 2 rings (SSSR count). The Bertz CT molecular complexity index is 499. The third kappa shape index (κ3) is 6.49. The average molecular weight is 333 g/mol. The first kappa shape index (κ1) is 18.7. The van der Waals surface area contributed by atoms with E-state index in [0.29, 0.717) is 19.3 Å². The minimum Gasteiger partial charge on any atom is -0.377 e. The summed E-state index contributed by atoms with van der Waals surface area (Å²) >= 11 is 0. The Morgan fingerprint density at radius 1 is 1.25 bits per heavy atom. The van der Waals surface area contributed by atoms with Gasteiger partial charge in [0.25, 0.3) is 0 Å². The number of aliphatic imine (C=N–C) groups is 1. The molecule has 134 valence electrons. The van der Waals surface area contributed by atoms with E-state index in [1.54, 1.807) is 0 Å². The molecule has 1 aliphatic rings. The quantitative estimate of drug-likeness (QED) is 0.414. The van der Waals surface area contributed by atoms with Crippen LogP contribution >= 0.6 is 0 Å². The number of hydrogen-bond donors (Lipinski definition) is 2. The van der Waals surface area contributed by atoms with Crippen LogP contribution in [0, 0.1) is 0 Å². The van der Waals surface area contributed by atoms with Gasteiger partial charge in [0.1, 0.15) is 0 Å². The Hall–Kier alpha value is -1.59. The van der Waals surface area contributed by atoms with Crippen molar-refractivity contribution in [3.8, 4) is 0 Å².